The van der Waals surface area contributed by atoms with Crippen LogP contribution in [0.3, 0.4) is 0 Å². The van der Waals surface area contributed by atoms with Crippen molar-refractivity contribution in [2.24, 2.45) is 5.92 Å². The lowest BCUT2D eigenvalue weighted by atomic mass is 10.1. The molecular weight excluding hydrogens is 270 g/mol. The van der Waals surface area contributed by atoms with Crippen molar-refractivity contribution < 1.29 is 18.8 Å². The SMILES string of the molecule is CC(C)C(=O)c1cc2cc(ON3CCOCC3)ccc2o1. The van der Waals surface area contributed by atoms with Crippen molar-refractivity contribution in [2.45, 2.75) is 13.8 Å². The van der Waals surface area contributed by atoms with E-state index in [0.29, 0.717) is 24.6 Å². The predicted molar refractivity (Wildman–Crippen MR) is 78.4 cm³/mol. The quantitative estimate of drug-likeness (QED) is 0.810. The van der Waals surface area contributed by atoms with E-state index in [9.17, 15) is 4.79 Å². The fraction of sp³-hybridized carbons (Fsp3) is 0.438. The number of carbonyl (C=O) groups is 1. The van der Waals surface area contributed by atoms with E-state index >= 15 is 0 Å². The molecule has 1 aromatic heterocycles. The first-order valence-corrected chi connectivity index (χ1v) is 7.22. The second kappa shape index (κ2) is 5.87. The standard InChI is InChI=1S/C16H19NO4/c1-11(2)16(18)15-10-12-9-13(3-4-14(12)20-15)21-17-5-7-19-8-6-17/h3-4,9-11H,5-8H2,1-2H3. The average Bonchev–Trinajstić information content (AvgIpc) is 2.90. The minimum atomic E-state index is -0.0744. The molecule has 0 spiro atoms. The number of hydrogen-bond donors (Lipinski definition) is 0. The first-order chi connectivity index (χ1) is 10.1. The maximum atomic E-state index is 12.0. The van der Waals surface area contributed by atoms with Gasteiger partial charge >= 0.3 is 0 Å². The zero-order valence-electron chi connectivity index (χ0n) is 12.3. The van der Waals surface area contributed by atoms with Crippen LogP contribution in [-0.4, -0.2) is 37.1 Å². The Morgan fingerprint density at radius 3 is 2.71 bits per heavy atom. The van der Waals surface area contributed by atoms with E-state index in [1.807, 2.05) is 37.1 Å². The summed E-state index contributed by atoms with van der Waals surface area (Å²) in [5.41, 5.74) is 0.702. The van der Waals surface area contributed by atoms with Crippen LogP contribution in [0.1, 0.15) is 24.4 Å². The van der Waals surface area contributed by atoms with Gasteiger partial charge in [0, 0.05) is 11.3 Å². The molecule has 0 radical (unpaired) electrons. The summed E-state index contributed by atoms with van der Waals surface area (Å²) in [6, 6.07) is 7.36. The molecule has 1 fully saturated rings. The Bertz CT molecular complexity index is 641. The van der Waals surface area contributed by atoms with Crippen molar-refractivity contribution >= 4 is 16.8 Å². The first kappa shape index (κ1) is 14.1. The van der Waals surface area contributed by atoms with Crippen molar-refractivity contribution in [3.05, 3.63) is 30.0 Å². The van der Waals surface area contributed by atoms with Gasteiger partial charge in [-0.3, -0.25) is 4.79 Å². The van der Waals surface area contributed by atoms with E-state index < -0.39 is 0 Å². The number of ether oxygens (including phenoxy) is 1. The number of Topliss-reactive ketones (excluding diaryl/α,β-unsaturated/α-hetero) is 1. The number of benzene rings is 1. The van der Waals surface area contributed by atoms with E-state index in [1.165, 1.54) is 0 Å². The lowest BCUT2D eigenvalue weighted by Crippen LogP contribution is -2.38. The smallest absolute Gasteiger partial charge is 0.200 e. The topological polar surface area (TPSA) is 51.9 Å². The first-order valence-electron chi connectivity index (χ1n) is 7.22. The summed E-state index contributed by atoms with van der Waals surface area (Å²) in [6.07, 6.45) is 0. The zero-order valence-corrected chi connectivity index (χ0v) is 12.3. The van der Waals surface area contributed by atoms with Crippen LogP contribution in [0.25, 0.3) is 11.0 Å². The maximum absolute atomic E-state index is 12.0. The van der Waals surface area contributed by atoms with Gasteiger partial charge in [0.1, 0.15) is 11.3 Å². The highest BCUT2D eigenvalue weighted by molar-refractivity contribution is 5.98. The Morgan fingerprint density at radius 1 is 1.24 bits per heavy atom. The third-order valence-corrected chi connectivity index (χ3v) is 3.46. The monoisotopic (exact) mass is 289 g/mol. The lowest BCUT2D eigenvalue weighted by Gasteiger charge is -2.26. The molecule has 1 aliphatic heterocycles. The molecule has 0 bridgehead atoms. The fourth-order valence-corrected chi connectivity index (χ4v) is 2.27. The second-order valence-corrected chi connectivity index (χ2v) is 5.46. The van der Waals surface area contributed by atoms with Crippen LogP contribution >= 0.6 is 0 Å². The van der Waals surface area contributed by atoms with Gasteiger partial charge in [-0.25, -0.2) is 0 Å². The summed E-state index contributed by atoms with van der Waals surface area (Å²) < 4.78 is 10.9. The number of hydrogen-bond acceptors (Lipinski definition) is 5. The van der Waals surface area contributed by atoms with Gasteiger partial charge in [-0.2, -0.15) is 0 Å². The zero-order chi connectivity index (χ0) is 14.8. The minimum Gasteiger partial charge on any atom is -0.453 e. The average molecular weight is 289 g/mol. The summed E-state index contributed by atoms with van der Waals surface area (Å²) in [5, 5.41) is 2.76. The summed E-state index contributed by atoms with van der Waals surface area (Å²) in [6.45, 7) is 6.59. The molecular formula is C16H19NO4. The molecule has 1 saturated heterocycles. The van der Waals surface area contributed by atoms with Gasteiger partial charge in [0.05, 0.1) is 26.3 Å². The molecule has 5 heteroatoms. The Balaban J connectivity index is 1.80. The number of fused-ring (bicyclic) bond motifs is 1. The van der Waals surface area contributed by atoms with Crippen LogP contribution in [0, 0.1) is 5.92 Å². The molecule has 2 aromatic rings. The summed E-state index contributed by atoms with van der Waals surface area (Å²) in [5.74, 6) is 1.09. The highest BCUT2D eigenvalue weighted by Crippen LogP contribution is 2.26. The van der Waals surface area contributed by atoms with Gasteiger partial charge in [-0.15, -0.1) is 5.06 Å². The largest absolute Gasteiger partial charge is 0.453 e. The Kier molecular flexibility index (Phi) is 3.94. The number of rotatable bonds is 4. The summed E-state index contributed by atoms with van der Waals surface area (Å²) in [7, 11) is 0. The molecule has 1 aromatic carbocycles. The number of furan rings is 1. The number of nitrogens with zero attached hydrogens (tertiary/aromatic N) is 1. The van der Waals surface area contributed by atoms with Crippen molar-refractivity contribution in [1.82, 2.24) is 5.06 Å². The molecule has 0 amide bonds. The van der Waals surface area contributed by atoms with Crippen molar-refractivity contribution in [1.29, 1.82) is 0 Å². The molecule has 3 rings (SSSR count). The van der Waals surface area contributed by atoms with Crippen molar-refractivity contribution in [3.63, 3.8) is 0 Å². The van der Waals surface area contributed by atoms with Crippen LogP contribution < -0.4 is 4.84 Å². The molecule has 112 valence electrons. The molecule has 0 N–H and O–H groups in total. The Morgan fingerprint density at radius 2 is 2.00 bits per heavy atom. The van der Waals surface area contributed by atoms with E-state index in [0.717, 1.165) is 24.2 Å². The van der Waals surface area contributed by atoms with Crippen LogP contribution in [-0.2, 0) is 4.74 Å². The van der Waals surface area contributed by atoms with Crippen LogP contribution in [0.5, 0.6) is 5.75 Å². The van der Waals surface area contributed by atoms with Gasteiger partial charge in [0.2, 0.25) is 5.78 Å². The van der Waals surface area contributed by atoms with Crippen molar-refractivity contribution in [2.75, 3.05) is 26.3 Å². The van der Waals surface area contributed by atoms with Gasteiger partial charge in [-0.05, 0) is 24.3 Å². The Labute approximate surface area is 123 Å². The van der Waals surface area contributed by atoms with Crippen molar-refractivity contribution in [3.8, 4) is 5.75 Å². The number of carbonyl (C=O) groups excluding carboxylic acids is 1. The fourth-order valence-electron chi connectivity index (χ4n) is 2.27. The molecule has 1 aliphatic rings. The van der Waals surface area contributed by atoms with Crippen LogP contribution in [0.2, 0.25) is 0 Å². The van der Waals surface area contributed by atoms with Gasteiger partial charge < -0.3 is 14.0 Å². The lowest BCUT2D eigenvalue weighted by molar-refractivity contribution is -0.118. The molecule has 5 nitrogen and oxygen atoms in total. The molecule has 0 saturated carbocycles. The third kappa shape index (κ3) is 3.09. The maximum Gasteiger partial charge on any atom is 0.200 e. The van der Waals surface area contributed by atoms with Crippen LogP contribution in [0.15, 0.2) is 28.7 Å². The van der Waals surface area contributed by atoms with Gasteiger partial charge in [0.25, 0.3) is 0 Å². The Hall–Kier alpha value is -1.85. The molecule has 0 unspecified atom stereocenters. The number of ketones is 1. The molecule has 2 heterocycles. The summed E-state index contributed by atoms with van der Waals surface area (Å²) >= 11 is 0. The van der Waals surface area contributed by atoms with E-state index in [-0.39, 0.29) is 11.7 Å². The van der Waals surface area contributed by atoms with E-state index in [1.54, 1.807) is 6.07 Å². The minimum absolute atomic E-state index is 0.0156. The molecule has 0 atom stereocenters. The van der Waals surface area contributed by atoms with Gasteiger partial charge in [-0.1, -0.05) is 13.8 Å². The summed E-state index contributed by atoms with van der Waals surface area (Å²) in [4.78, 5) is 17.8. The van der Waals surface area contributed by atoms with Gasteiger partial charge in [0.15, 0.2) is 5.76 Å². The number of morpholine rings is 1. The number of hydroxylamine groups is 2. The highest BCUT2D eigenvalue weighted by atomic mass is 16.7. The van der Waals surface area contributed by atoms with Crippen LogP contribution in [0.4, 0.5) is 0 Å². The van der Waals surface area contributed by atoms with E-state index in [4.69, 9.17) is 14.0 Å². The third-order valence-electron chi connectivity index (χ3n) is 3.46. The van der Waals surface area contributed by atoms with E-state index in [2.05, 4.69) is 0 Å². The molecule has 21 heavy (non-hydrogen) atoms. The molecule has 0 aliphatic carbocycles. The highest BCUT2D eigenvalue weighted by Gasteiger charge is 2.17. The normalized spacial score (nSPS) is 16.5. The predicted octanol–water partition coefficient (Wildman–Crippen LogP) is 2.90. The second-order valence-electron chi connectivity index (χ2n) is 5.46.